The molecule has 0 aliphatic heterocycles. The third-order valence-electron chi connectivity index (χ3n) is 3.53. The molecule has 2 aromatic rings. The van der Waals surface area contributed by atoms with E-state index in [1.54, 1.807) is 24.3 Å². The highest BCUT2D eigenvalue weighted by Gasteiger charge is 2.24. The van der Waals surface area contributed by atoms with E-state index in [2.05, 4.69) is 17.1 Å². The van der Waals surface area contributed by atoms with Crippen LogP contribution >= 0.6 is 11.8 Å². The highest BCUT2D eigenvalue weighted by molar-refractivity contribution is 7.99. The number of rotatable bonds is 5. The predicted octanol–water partition coefficient (Wildman–Crippen LogP) is 2.92. The molecule has 0 aliphatic rings. The van der Waals surface area contributed by atoms with E-state index in [9.17, 15) is 15.3 Å². The number of hydrogen-bond donors (Lipinski definition) is 1. The summed E-state index contributed by atoms with van der Waals surface area (Å²) < 4.78 is 0. The van der Waals surface area contributed by atoms with Crippen molar-refractivity contribution in [3.8, 4) is 12.1 Å². The lowest BCUT2D eigenvalue weighted by Gasteiger charge is -2.12. The normalized spacial score (nSPS) is 10.2. The molecule has 0 amide bonds. The topological polar surface area (TPSA) is 105 Å². The van der Waals surface area contributed by atoms with Crippen molar-refractivity contribution in [2.24, 2.45) is 0 Å². The van der Waals surface area contributed by atoms with Crippen molar-refractivity contribution in [3.05, 3.63) is 52.6 Å². The van der Waals surface area contributed by atoms with Gasteiger partial charge in [-0.05, 0) is 5.92 Å². The molecule has 2 rings (SSSR count). The second kappa shape index (κ2) is 7.63. The summed E-state index contributed by atoms with van der Waals surface area (Å²) in [6.45, 7) is 3.81. The number of nitrogen functional groups attached to an aromatic ring is 1. The molecule has 0 bridgehead atoms. The number of pyridine rings is 1. The summed E-state index contributed by atoms with van der Waals surface area (Å²) in [5.41, 5.74) is 7.83. The van der Waals surface area contributed by atoms with Gasteiger partial charge in [-0.3, -0.25) is 10.5 Å². The average molecular weight is 337 g/mol. The predicted molar refractivity (Wildman–Crippen MR) is 92.4 cm³/mol. The van der Waals surface area contributed by atoms with E-state index in [1.807, 2.05) is 19.9 Å². The zero-order valence-electron chi connectivity index (χ0n) is 13.5. The molecule has 0 saturated carbocycles. The van der Waals surface area contributed by atoms with Gasteiger partial charge < -0.3 is 0 Å². The van der Waals surface area contributed by atoms with Crippen LogP contribution in [0.25, 0.3) is 0 Å². The van der Waals surface area contributed by atoms with Crippen LogP contribution in [0.5, 0.6) is 0 Å². The van der Waals surface area contributed by atoms with Gasteiger partial charge in [-0.2, -0.15) is 10.5 Å². The molecule has 0 radical (unpaired) electrons. The molecule has 0 spiro atoms. The second-order valence-corrected chi connectivity index (χ2v) is 6.47. The van der Waals surface area contributed by atoms with Gasteiger partial charge in [0.05, 0.1) is 5.75 Å². The molecular formula is C18H17N4OS+. The molecule has 0 unspecified atom stereocenters. The number of nitrogens with zero attached hydrogens (tertiary/aromatic N) is 2. The fraction of sp³-hybridized carbons (Fsp3) is 0.222. The van der Waals surface area contributed by atoms with Crippen molar-refractivity contribution < 1.29 is 9.78 Å². The molecule has 5 nitrogen and oxygen atoms in total. The average Bonchev–Trinajstić information content (AvgIpc) is 2.59. The van der Waals surface area contributed by atoms with E-state index in [4.69, 9.17) is 5.73 Å². The number of hydrogen-bond acceptors (Lipinski definition) is 5. The van der Waals surface area contributed by atoms with Crippen LogP contribution in [0, 0.1) is 22.7 Å². The van der Waals surface area contributed by atoms with Crippen LogP contribution in [0.4, 0.5) is 5.82 Å². The first kappa shape index (κ1) is 17.5. The summed E-state index contributed by atoms with van der Waals surface area (Å²) >= 11 is 1.22. The minimum atomic E-state index is -0.0353. The lowest BCUT2D eigenvalue weighted by Crippen LogP contribution is -2.21. The Bertz CT molecular complexity index is 848. The minimum absolute atomic E-state index is 0.0321. The molecule has 0 saturated heterocycles. The van der Waals surface area contributed by atoms with Crippen LogP contribution in [0.2, 0.25) is 0 Å². The van der Waals surface area contributed by atoms with Crippen LogP contribution in [-0.2, 0) is 0 Å². The molecule has 120 valence electrons. The number of nitrogens with one attached hydrogen (secondary N) is 1. The SMILES string of the molecule is CC(C)c1c(C#N)c(N)[nH+]c(SCC(=O)c2ccccc2)c1C#N. The number of nitrogens with two attached hydrogens (primary N) is 1. The molecule has 24 heavy (non-hydrogen) atoms. The van der Waals surface area contributed by atoms with Crippen molar-refractivity contribution in [1.82, 2.24) is 0 Å². The van der Waals surface area contributed by atoms with Crippen molar-refractivity contribution in [2.75, 3.05) is 11.5 Å². The van der Waals surface area contributed by atoms with Gasteiger partial charge in [-0.25, -0.2) is 4.98 Å². The smallest absolute Gasteiger partial charge is 0.289 e. The number of carbonyl (C=O) groups is 1. The van der Waals surface area contributed by atoms with Gasteiger partial charge in [0.2, 0.25) is 0 Å². The summed E-state index contributed by atoms with van der Waals surface area (Å²) in [7, 11) is 0. The molecular weight excluding hydrogens is 320 g/mol. The van der Waals surface area contributed by atoms with Crippen molar-refractivity contribution in [2.45, 2.75) is 24.8 Å². The van der Waals surface area contributed by atoms with Crippen molar-refractivity contribution in [3.63, 3.8) is 0 Å². The highest BCUT2D eigenvalue weighted by Crippen LogP contribution is 2.30. The van der Waals surface area contributed by atoms with Gasteiger partial charge in [-0.15, -0.1) is 0 Å². The highest BCUT2D eigenvalue weighted by atomic mass is 32.2. The number of benzene rings is 1. The summed E-state index contributed by atoms with van der Waals surface area (Å²) in [6, 6.07) is 13.2. The first-order chi connectivity index (χ1) is 11.5. The van der Waals surface area contributed by atoms with Crippen LogP contribution < -0.4 is 10.7 Å². The number of aromatic amines is 1. The fourth-order valence-electron chi connectivity index (χ4n) is 2.40. The molecule has 1 aromatic heterocycles. The Labute approximate surface area is 145 Å². The van der Waals surface area contributed by atoms with Crippen LogP contribution in [-0.4, -0.2) is 11.5 Å². The number of thioether (sulfide) groups is 1. The largest absolute Gasteiger partial charge is 0.293 e. The Kier molecular flexibility index (Phi) is 5.57. The standard InChI is InChI=1S/C18H16N4OS/c1-11(2)16-13(8-19)17(21)22-18(14(16)9-20)24-10-15(23)12-6-4-3-5-7-12/h3-7,11H,10H2,1-2H3,(H2,21,22)/p+1. The van der Waals surface area contributed by atoms with Gasteiger partial charge in [0.15, 0.2) is 10.8 Å². The third kappa shape index (κ3) is 3.56. The molecule has 1 aromatic carbocycles. The molecule has 6 heteroatoms. The van der Waals surface area contributed by atoms with E-state index in [1.165, 1.54) is 11.8 Å². The Morgan fingerprint density at radius 1 is 1.21 bits per heavy atom. The Morgan fingerprint density at radius 2 is 1.83 bits per heavy atom. The second-order valence-electron chi connectivity index (χ2n) is 5.49. The maximum atomic E-state index is 12.2. The third-order valence-corrected chi connectivity index (χ3v) is 4.53. The molecule has 0 fully saturated rings. The zero-order chi connectivity index (χ0) is 17.7. The van der Waals surface area contributed by atoms with Crippen LogP contribution in [0.15, 0.2) is 35.4 Å². The summed E-state index contributed by atoms with van der Waals surface area (Å²) in [4.78, 5) is 15.1. The lowest BCUT2D eigenvalue weighted by molar-refractivity contribution is -0.410. The van der Waals surface area contributed by atoms with E-state index < -0.39 is 0 Å². The van der Waals surface area contributed by atoms with Crippen LogP contribution in [0.3, 0.4) is 0 Å². The summed E-state index contributed by atoms with van der Waals surface area (Å²) in [6.07, 6.45) is 0. The molecule has 1 heterocycles. The maximum absolute atomic E-state index is 12.2. The number of ketones is 1. The lowest BCUT2D eigenvalue weighted by atomic mass is 9.94. The molecule has 0 aliphatic carbocycles. The zero-order valence-corrected chi connectivity index (χ0v) is 14.3. The molecule has 0 atom stereocenters. The number of Topliss-reactive ketones (excluding diaryl/α,β-unsaturated/α-hetero) is 1. The fourth-order valence-corrected chi connectivity index (χ4v) is 3.33. The monoisotopic (exact) mass is 337 g/mol. The number of H-pyrrole nitrogens is 1. The first-order valence-electron chi connectivity index (χ1n) is 7.39. The van der Waals surface area contributed by atoms with Gasteiger partial charge in [0.25, 0.3) is 5.82 Å². The molecule has 3 N–H and O–H groups in total. The van der Waals surface area contributed by atoms with E-state index in [-0.39, 0.29) is 23.3 Å². The number of carbonyl (C=O) groups excluding carboxylic acids is 1. The van der Waals surface area contributed by atoms with Gasteiger partial charge in [0.1, 0.15) is 23.3 Å². The Balaban J connectivity index is 2.36. The van der Waals surface area contributed by atoms with E-state index in [0.29, 0.717) is 27.3 Å². The van der Waals surface area contributed by atoms with Crippen LogP contribution in [0.1, 0.15) is 46.8 Å². The Hall–Kier alpha value is -2.83. The van der Waals surface area contributed by atoms with Gasteiger partial charge in [-0.1, -0.05) is 55.9 Å². The quantitative estimate of drug-likeness (QED) is 0.667. The minimum Gasteiger partial charge on any atom is -0.293 e. The van der Waals surface area contributed by atoms with Crippen molar-refractivity contribution in [1.29, 1.82) is 10.5 Å². The Morgan fingerprint density at radius 3 is 2.38 bits per heavy atom. The van der Waals surface area contributed by atoms with Gasteiger partial charge in [0, 0.05) is 11.1 Å². The number of anilines is 1. The first-order valence-corrected chi connectivity index (χ1v) is 8.38. The number of aromatic nitrogens is 1. The maximum Gasteiger partial charge on any atom is 0.289 e. The van der Waals surface area contributed by atoms with E-state index in [0.717, 1.165) is 0 Å². The van der Waals surface area contributed by atoms with E-state index >= 15 is 0 Å². The number of nitriles is 2. The summed E-state index contributed by atoms with van der Waals surface area (Å²) in [5.74, 6) is 0.329. The van der Waals surface area contributed by atoms with Gasteiger partial charge >= 0.3 is 0 Å². The summed E-state index contributed by atoms with van der Waals surface area (Å²) in [5, 5.41) is 19.3. The van der Waals surface area contributed by atoms with Crippen molar-refractivity contribution >= 4 is 23.4 Å².